The molecule has 1 aliphatic heterocycles. The van der Waals surface area contributed by atoms with Gasteiger partial charge in [0.25, 0.3) is 7.73 Å². The molecule has 0 N–H and O–H groups in total. The van der Waals surface area contributed by atoms with Gasteiger partial charge in [-0.1, -0.05) is 6.42 Å². The van der Waals surface area contributed by atoms with E-state index in [-0.39, 0.29) is 0 Å². The highest BCUT2D eigenvalue weighted by Crippen LogP contribution is 2.55. The molecular weight excluding hydrogens is 170 g/mol. The van der Waals surface area contributed by atoms with Crippen molar-refractivity contribution in [3.63, 3.8) is 0 Å². The molecule has 0 amide bonds. The quantitative estimate of drug-likeness (QED) is 0.534. The van der Waals surface area contributed by atoms with E-state index in [1.165, 1.54) is 19.3 Å². The molecule has 0 unspecified atom stereocenters. The molecule has 2 aliphatic rings. The van der Waals surface area contributed by atoms with E-state index in [0.717, 1.165) is 13.2 Å². The van der Waals surface area contributed by atoms with Crippen molar-refractivity contribution in [2.45, 2.75) is 19.3 Å². The van der Waals surface area contributed by atoms with E-state index in [2.05, 4.69) is 0 Å². The average molecular weight is 181 g/mol. The lowest BCUT2D eigenvalue weighted by atomic mass is 9.70. The first-order valence-corrected chi connectivity index (χ1v) is 5.61. The maximum Gasteiger partial charge on any atom is 0.276 e. The van der Waals surface area contributed by atoms with E-state index in [9.17, 15) is 0 Å². The zero-order chi connectivity index (χ0) is 7.03. The van der Waals surface area contributed by atoms with Crippen LogP contribution in [0.25, 0.3) is 0 Å². The molecule has 0 aromatic heterocycles. The van der Waals surface area contributed by atoms with Crippen molar-refractivity contribution in [1.82, 2.24) is 0 Å². The van der Waals surface area contributed by atoms with Gasteiger partial charge in [-0.2, -0.15) is 0 Å². The van der Waals surface area contributed by atoms with Crippen LogP contribution in [0.3, 0.4) is 0 Å². The predicted octanol–water partition coefficient (Wildman–Crippen LogP) is 2.67. The van der Waals surface area contributed by atoms with Crippen molar-refractivity contribution in [3.05, 3.63) is 0 Å². The lowest BCUT2D eigenvalue weighted by Crippen LogP contribution is -2.40. The van der Waals surface area contributed by atoms with Gasteiger partial charge in [-0.15, -0.1) is 0 Å². The molecule has 0 aromatic rings. The fourth-order valence-electron chi connectivity index (χ4n) is 1.42. The molecule has 0 radical (unpaired) electrons. The van der Waals surface area contributed by atoms with E-state index in [0.29, 0.717) is 5.41 Å². The highest BCUT2D eigenvalue weighted by atomic mass is 35.7. The van der Waals surface area contributed by atoms with Crippen LogP contribution in [-0.2, 0) is 9.05 Å². The molecule has 0 bridgehead atoms. The van der Waals surface area contributed by atoms with Gasteiger partial charge >= 0.3 is 0 Å². The number of hydrogen-bond acceptors (Lipinski definition) is 2. The summed E-state index contributed by atoms with van der Waals surface area (Å²) in [6.45, 7) is 1.64. The Morgan fingerprint density at radius 3 is 2.20 bits per heavy atom. The summed E-state index contributed by atoms with van der Waals surface area (Å²) in [5, 5.41) is 0. The van der Waals surface area contributed by atoms with Gasteiger partial charge in [-0.3, -0.25) is 0 Å². The third-order valence-electron chi connectivity index (χ3n) is 2.36. The van der Waals surface area contributed by atoms with Crippen molar-refractivity contribution >= 4 is 19.0 Å². The molecule has 10 heavy (non-hydrogen) atoms. The smallest absolute Gasteiger partial charge is 0.276 e. The van der Waals surface area contributed by atoms with Gasteiger partial charge in [-0.25, -0.2) is 0 Å². The topological polar surface area (TPSA) is 18.5 Å². The molecule has 0 aromatic carbocycles. The van der Waals surface area contributed by atoms with Gasteiger partial charge in [0.2, 0.25) is 0 Å². The molecule has 58 valence electrons. The number of hydrogen-bond donors (Lipinski definition) is 0. The van der Waals surface area contributed by atoms with Gasteiger partial charge in [0.05, 0.1) is 13.2 Å². The summed E-state index contributed by atoms with van der Waals surface area (Å²) in [6, 6.07) is 0. The number of rotatable bonds is 0. The highest BCUT2D eigenvalue weighted by molar-refractivity contribution is 7.76. The Bertz CT molecular complexity index is 128. The molecule has 1 saturated heterocycles. The second-order valence-electron chi connectivity index (χ2n) is 3.11. The monoisotopic (exact) mass is 180 g/mol. The van der Waals surface area contributed by atoms with E-state index in [1.54, 1.807) is 0 Å². The SMILES string of the molecule is ClP1OCC2(CCC2)CO1. The zero-order valence-electron chi connectivity index (χ0n) is 5.68. The molecule has 2 fully saturated rings. The van der Waals surface area contributed by atoms with E-state index >= 15 is 0 Å². The molecule has 1 saturated carbocycles. The Morgan fingerprint density at radius 2 is 1.80 bits per heavy atom. The fourth-order valence-corrected chi connectivity index (χ4v) is 2.54. The van der Waals surface area contributed by atoms with Gasteiger partial charge in [0.15, 0.2) is 0 Å². The third-order valence-corrected chi connectivity index (χ3v) is 3.61. The van der Waals surface area contributed by atoms with Crippen LogP contribution in [0, 0.1) is 5.41 Å². The van der Waals surface area contributed by atoms with Crippen LogP contribution in [-0.4, -0.2) is 13.2 Å². The first-order valence-electron chi connectivity index (χ1n) is 3.53. The summed E-state index contributed by atoms with van der Waals surface area (Å²) in [7, 11) is -1.05. The second-order valence-corrected chi connectivity index (χ2v) is 4.88. The van der Waals surface area contributed by atoms with Gasteiger partial charge < -0.3 is 9.05 Å². The predicted molar refractivity (Wildman–Crippen MR) is 41.0 cm³/mol. The van der Waals surface area contributed by atoms with Crippen molar-refractivity contribution in [2.75, 3.05) is 13.2 Å². The summed E-state index contributed by atoms with van der Waals surface area (Å²) < 4.78 is 10.5. The van der Waals surface area contributed by atoms with E-state index in [4.69, 9.17) is 20.3 Å². The molecule has 1 heterocycles. The largest absolute Gasteiger partial charge is 0.321 e. The lowest BCUT2D eigenvalue weighted by Gasteiger charge is -2.44. The summed E-state index contributed by atoms with van der Waals surface area (Å²) in [4.78, 5) is 0. The summed E-state index contributed by atoms with van der Waals surface area (Å²) in [5.41, 5.74) is 0.369. The van der Waals surface area contributed by atoms with Crippen LogP contribution in [0.5, 0.6) is 0 Å². The standard InChI is InChI=1S/C6H10ClO2P/c7-10-8-4-6(5-9-10)2-1-3-6/h1-5H2. The van der Waals surface area contributed by atoms with Crippen LogP contribution in [0.4, 0.5) is 0 Å². The van der Waals surface area contributed by atoms with E-state index in [1.807, 2.05) is 0 Å². The molecule has 4 heteroatoms. The third kappa shape index (κ3) is 1.18. The van der Waals surface area contributed by atoms with Crippen LogP contribution in [0.2, 0.25) is 0 Å². The lowest BCUT2D eigenvalue weighted by molar-refractivity contribution is -0.0196. The van der Waals surface area contributed by atoms with Crippen LogP contribution in [0.1, 0.15) is 19.3 Å². The Morgan fingerprint density at radius 1 is 1.20 bits per heavy atom. The Hall–Kier alpha value is 0.640. The maximum atomic E-state index is 5.65. The zero-order valence-corrected chi connectivity index (χ0v) is 7.33. The Labute approximate surface area is 66.5 Å². The summed E-state index contributed by atoms with van der Waals surface area (Å²) >= 11 is 5.65. The summed E-state index contributed by atoms with van der Waals surface area (Å²) in [5.74, 6) is 0. The van der Waals surface area contributed by atoms with Gasteiger partial charge in [0.1, 0.15) is 0 Å². The van der Waals surface area contributed by atoms with Crippen molar-refractivity contribution < 1.29 is 9.05 Å². The van der Waals surface area contributed by atoms with Crippen LogP contribution in [0.15, 0.2) is 0 Å². The molecule has 0 atom stereocenters. The first-order chi connectivity index (χ1) is 4.81. The first kappa shape index (κ1) is 7.30. The minimum Gasteiger partial charge on any atom is -0.321 e. The minimum absolute atomic E-state index is 0.369. The normalized spacial score (nSPS) is 32.1. The van der Waals surface area contributed by atoms with Crippen LogP contribution < -0.4 is 0 Å². The van der Waals surface area contributed by atoms with Crippen LogP contribution >= 0.6 is 19.0 Å². The average Bonchev–Trinajstić information content (AvgIpc) is 1.86. The molecule has 1 aliphatic carbocycles. The van der Waals surface area contributed by atoms with Crippen molar-refractivity contribution in [1.29, 1.82) is 0 Å². The molecule has 2 nitrogen and oxygen atoms in total. The van der Waals surface area contributed by atoms with Crippen molar-refractivity contribution in [3.8, 4) is 0 Å². The number of halogens is 1. The second kappa shape index (κ2) is 2.60. The molecular formula is C6H10ClO2P. The van der Waals surface area contributed by atoms with Gasteiger partial charge in [-0.05, 0) is 24.1 Å². The Balaban J connectivity index is 1.90. The van der Waals surface area contributed by atoms with E-state index < -0.39 is 7.73 Å². The molecule has 2 rings (SSSR count). The van der Waals surface area contributed by atoms with Crippen molar-refractivity contribution in [2.24, 2.45) is 5.41 Å². The fraction of sp³-hybridized carbons (Fsp3) is 1.00. The Kier molecular flexibility index (Phi) is 1.90. The molecule has 1 spiro atoms. The van der Waals surface area contributed by atoms with Gasteiger partial charge in [0, 0.05) is 5.41 Å². The maximum absolute atomic E-state index is 5.65. The summed E-state index contributed by atoms with van der Waals surface area (Å²) in [6.07, 6.45) is 3.84. The highest BCUT2D eigenvalue weighted by Gasteiger charge is 2.41. The minimum atomic E-state index is -1.05.